The number of nitrogens with zero attached hydrogens (tertiary/aromatic N) is 4. The summed E-state index contributed by atoms with van der Waals surface area (Å²) in [6, 6.07) is 8.81. The molecule has 2 aromatic rings. The van der Waals surface area contributed by atoms with E-state index in [4.69, 9.17) is 5.73 Å². The molecule has 1 fully saturated rings. The minimum Gasteiger partial charge on any atom is -0.370 e. The second-order valence-electron chi connectivity index (χ2n) is 5.36. The number of aryl methyl sites for hydroxylation is 1. The molecule has 0 atom stereocenters. The SMILES string of the molecule is CN(C(N)=NCCCn1cnc2ccccc21)C1CC1. The van der Waals surface area contributed by atoms with Gasteiger partial charge in [0.2, 0.25) is 0 Å². The van der Waals surface area contributed by atoms with E-state index in [0.29, 0.717) is 12.0 Å². The molecule has 0 amide bonds. The van der Waals surface area contributed by atoms with Crippen molar-refractivity contribution in [3.8, 4) is 0 Å². The van der Waals surface area contributed by atoms with E-state index in [2.05, 4.69) is 25.5 Å². The zero-order chi connectivity index (χ0) is 13.9. The first-order valence-corrected chi connectivity index (χ1v) is 7.18. The van der Waals surface area contributed by atoms with Gasteiger partial charge in [-0.2, -0.15) is 0 Å². The monoisotopic (exact) mass is 271 g/mol. The summed E-state index contributed by atoms with van der Waals surface area (Å²) in [6.45, 7) is 1.68. The van der Waals surface area contributed by atoms with Crippen LogP contribution in [0.25, 0.3) is 11.0 Å². The van der Waals surface area contributed by atoms with Crippen molar-refractivity contribution in [2.45, 2.75) is 31.8 Å². The standard InChI is InChI=1S/C15H21N5/c1-19(12-7-8-12)15(16)17-9-4-10-20-11-18-13-5-2-3-6-14(13)20/h2-3,5-6,11-12H,4,7-10H2,1H3,(H2,16,17). The van der Waals surface area contributed by atoms with Gasteiger partial charge in [-0.15, -0.1) is 0 Å². The molecule has 1 aliphatic carbocycles. The number of benzene rings is 1. The Balaban J connectivity index is 1.53. The van der Waals surface area contributed by atoms with Gasteiger partial charge >= 0.3 is 0 Å². The van der Waals surface area contributed by atoms with Crippen LogP contribution >= 0.6 is 0 Å². The minimum absolute atomic E-state index is 0.622. The number of fused-ring (bicyclic) bond motifs is 1. The molecule has 106 valence electrons. The summed E-state index contributed by atoms with van der Waals surface area (Å²) in [5, 5.41) is 0. The van der Waals surface area contributed by atoms with Crippen molar-refractivity contribution in [1.29, 1.82) is 0 Å². The third-order valence-corrected chi connectivity index (χ3v) is 3.81. The van der Waals surface area contributed by atoms with Gasteiger partial charge in [-0.25, -0.2) is 4.98 Å². The molecule has 0 radical (unpaired) electrons. The van der Waals surface area contributed by atoms with Gasteiger partial charge in [-0.3, -0.25) is 4.99 Å². The first-order chi connectivity index (χ1) is 9.75. The highest BCUT2D eigenvalue weighted by Gasteiger charge is 2.27. The Bertz CT molecular complexity index is 612. The molecule has 5 heteroatoms. The molecule has 1 aromatic carbocycles. The van der Waals surface area contributed by atoms with Gasteiger partial charge in [0.05, 0.1) is 17.4 Å². The molecule has 0 aliphatic heterocycles. The van der Waals surface area contributed by atoms with Crippen LogP contribution in [0.2, 0.25) is 0 Å². The highest BCUT2D eigenvalue weighted by atomic mass is 15.3. The van der Waals surface area contributed by atoms with E-state index in [1.54, 1.807) is 0 Å². The highest BCUT2D eigenvalue weighted by molar-refractivity contribution is 5.78. The van der Waals surface area contributed by atoms with Crippen molar-refractivity contribution in [2.24, 2.45) is 10.7 Å². The number of imidazole rings is 1. The largest absolute Gasteiger partial charge is 0.370 e. The predicted molar refractivity (Wildman–Crippen MR) is 81.6 cm³/mol. The number of hydrogen-bond donors (Lipinski definition) is 1. The maximum absolute atomic E-state index is 5.96. The Morgan fingerprint density at radius 1 is 1.45 bits per heavy atom. The molecule has 5 nitrogen and oxygen atoms in total. The molecule has 1 heterocycles. The number of nitrogens with two attached hydrogens (primary N) is 1. The number of aromatic nitrogens is 2. The molecule has 0 spiro atoms. The number of rotatable bonds is 5. The van der Waals surface area contributed by atoms with E-state index in [1.807, 2.05) is 31.6 Å². The Labute approximate surface area is 119 Å². The fourth-order valence-electron chi connectivity index (χ4n) is 2.38. The third-order valence-electron chi connectivity index (χ3n) is 3.81. The fraction of sp³-hybridized carbons (Fsp3) is 0.467. The number of hydrogen-bond acceptors (Lipinski definition) is 2. The minimum atomic E-state index is 0.622. The molecule has 0 saturated heterocycles. The Hall–Kier alpha value is -2.04. The van der Waals surface area contributed by atoms with E-state index in [9.17, 15) is 0 Å². The summed E-state index contributed by atoms with van der Waals surface area (Å²) >= 11 is 0. The van der Waals surface area contributed by atoms with Crippen LogP contribution in [0.3, 0.4) is 0 Å². The van der Waals surface area contributed by atoms with Crippen molar-refractivity contribution in [3.05, 3.63) is 30.6 Å². The van der Waals surface area contributed by atoms with Crippen LogP contribution in [-0.4, -0.2) is 40.0 Å². The Morgan fingerprint density at radius 3 is 3.05 bits per heavy atom. The maximum atomic E-state index is 5.96. The van der Waals surface area contributed by atoms with Crippen LogP contribution in [0.5, 0.6) is 0 Å². The molecule has 20 heavy (non-hydrogen) atoms. The first kappa shape index (κ1) is 13.0. The highest BCUT2D eigenvalue weighted by Crippen LogP contribution is 2.24. The lowest BCUT2D eigenvalue weighted by Gasteiger charge is -2.16. The van der Waals surface area contributed by atoms with E-state index in [-0.39, 0.29) is 0 Å². The zero-order valence-electron chi connectivity index (χ0n) is 11.9. The summed E-state index contributed by atoms with van der Waals surface area (Å²) < 4.78 is 2.17. The topological polar surface area (TPSA) is 59.4 Å². The van der Waals surface area contributed by atoms with Gasteiger partial charge in [0.1, 0.15) is 0 Å². The average Bonchev–Trinajstić information content (AvgIpc) is 3.24. The summed E-state index contributed by atoms with van der Waals surface area (Å²) in [7, 11) is 2.03. The maximum Gasteiger partial charge on any atom is 0.191 e. The molecular weight excluding hydrogens is 250 g/mol. The zero-order valence-corrected chi connectivity index (χ0v) is 11.9. The van der Waals surface area contributed by atoms with Crippen LogP contribution in [0.15, 0.2) is 35.6 Å². The number of guanidine groups is 1. The lowest BCUT2D eigenvalue weighted by atomic mass is 10.3. The van der Waals surface area contributed by atoms with Gasteiger partial charge in [0.25, 0.3) is 0 Å². The summed E-state index contributed by atoms with van der Waals surface area (Å²) in [5.41, 5.74) is 8.19. The van der Waals surface area contributed by atoms with Gasteiger partial charge in [-0.1, -0.05) is 12.1 Å². The van der Waals surface area contributed by atoms with Crippen LogP contribution < -0.4 is 5.73 Å². The Kier molecular flexibility index (Phi) is 3.58. The van der Waals surface area contributed by atoms with Gasteiger partial charge < -0.3 is 15.2 Å². The van der Waals surface area contributed by atoms with Crippen LogP contribution in [0.4, 0.5) is 0 Å². The van der Waals surface area contributed by atoms with Crippen molar-refractivity contribution >= 4 is 17.0 Å². The van der Waals surface area contributed by atoms with Crippen LogP contribution in [0.1, 0.15) is 19.3 Å². The number of aliphatic imine (C=N–C) groups is 1. The number of para-hydroxylation sites is 2. The van der Waals surface area contributed by atoms with Crippen molar-refractivity contribution < 1.29 is 0 Å². The quantitative estimate of drug-likeness (QED) is 0.513. The molecule has 2 N–H and O–H groups in total. The lowest BCUT2D eigenvalue weighted by Crippen LogP contribution is -2.35. The molecule has 1 saturated carbocycles. The average molecular weight is 271 g/mol. The molecular formula is C15H21N5. The molecule has 1 aliphatic rings. The van der Waals surface area contributed by atoms with Gasteiger partial charge in [0.15, 0.2) is 5.96 Å². The van der Waals surface area contributed by atoms with Crippen molar-refractivity contribution in [3.63, 3.8) is 0 Å². The van der Waals surface area contributed by atoms with Gasteiger partial charge in [-0.05, 0) is 31.4 Å². The smallest absolute Gasteiger partial charge is 0.191 e. The van der Waals surface area contributed by atoms with Crippen LogP contribution in [-0.2, 0) is 6.54 Å². The normalized spacial score (nSPS) is 15.8. The summed E-state index contributed by atoms with van der Waals surface area (Å²) in [6.07, 6.45) is 5.36. The second kappa shape index (κ2) is 5.53. The summed E-state index contributed by atoms with van der Waals surface area (Å²) in [4.78, 5) is 10.9. The Morgan fingerprint density at radius 2 is 2.25 bits per heavy atom. The van der Waals surface area contributed by atoms with Crippen molar-refractivity contribution in [1.82, 2.24) is 14.5 Å². The predicted octanol–water partition coefficient (Wildman–Crippen LogP) is 1.84. The van der Waals surface area contributed by atoms with E-state index in [1.165, 1.54) is 18.4 Å². The lowest BCUT2D eigenvalue weighted by molar-refractivity contribution is 0.486. The molecule has 0 bridgehead atoms. The van der Waals surface area contributed by atoms with Crippen molar-refractivity contribution in [2.75, 3.05) is 13.6 Å². The molecule has 0 unspecified atom stereocenters. The van der Waals surface area contributed by atoms with E-state index in [0.717, 1.165) is 25.0 Å². The molecule has 3 rings (SSSR count). The molecule has 1 aromatic heterocycles. The third kappa shape index (κ3) is 2.76. The second-order valence-corrected chi connectivity index (χ2v) is 5.36. The summed E-state index contributed by atoms with van der Waals surface area (Å²) in [5.74, 6) is 0.669. The van der Waals surface area contributed by atoms with Crippen LogP contribution in [0, 0.1) is 0 Å². The fourth-order valence-corrected chi connectivity index (χ4v) is 2.38. The first-order valence-electron chi connectivity index (χ1n) is 7.18. The van der Waals surface area contributed by atoms with E-state index >= 15 is 0 Å². The van der Waals surface area contributed by atoms with Gasteiger partial charge in [0, 0.05) is 26.2 Å². The van der Waals surface area contributed by atoms with E-state index < -0.39 is 0 Å².